The summed E-state index contributed by atoms with van der Waals surface area (Å²) >= 11 is 0. The fourth-order valence-electron chi connectivity index (χ4n) is 3.67. The number of fused-ring (bicyclic) bond motifs is 2. The summed E-state index contributed by atoms with van der Waals surface area (Å²) in [5.74, 6) is 1.76. The predicted molar refractivity (Wildman–Crippen MR) is 110 cm³/mol. The molecule has 0 bridgehead atoms. The van der Waals surface area contributed by atoms with Crippen molar-refractivity contribution in [3.8, 4) is 11.5 Å². The van der Waals surface area contributed by atoms with E-state index in [0.29, 0.717) is 43.6 Å². The predicted octanol–water partition coefficient (Wildman–Crippen LogP) is 1.89. The first-order valence-electron chi connectivity index (χ1n) is 9.84. The van der Waals surface area contributed by atoms with Crippen molar-refractivity contribution in [2.45, 2.75) is 6.54 Å². The van der Waals surface area contributed by atoms with E-state index in [1.165, 1.54) is 4.90 Å². The Morgan fingerprint density at radius 2 is 1.93 bits per heavy atom. The molecule has 0 saturated carbocycles. The van der Waals surface area contributed by atoms with Crippen LogP contribution in [0.15, 0.2) is 42.5 Å². The van der Waals surface area contributed by atoms with Crippen molar-refractivity contribution < 1.29 is 19.1 Å². The van der Waals surface area contributed by atoms with Crippen LogP contribution in [0.5, 0.6) is 11.5 Å². The molecule has 5 rings (SSSR count). The number of hydrogen-bond acceptors (Lipinski definition) is 5. The number of carbonyl (C=O) groups excluding carboxylic acids is 2. The second-order valence-electron chi connectivity index (χ2n) is 7.16. The first-order valence-corrected chi connectivity index (χ1v) is 9.84. The van der Waals surface area contributed by atoms with Crippen LogP contribution in [0.1, 0.15) is 5.82 Å². The number of rotatable bonds is 5. The number of H-pyrrole nitrogens is 1. The number of imidazole rings is 1. The van der Waals surface area contributed by atoms with Crippen LogP contribution in [0.2, 0.25) is 0 Å². The Morgan fingerprint density at radius 3 is 2.80 bits per heavy atom. The number of ether oxygens (including phenoxy) is 2. The molecule has 30 heavy (non-hydrogen) atoms. The molecule has 3 heterocycles. The van der Waals surface area contributed by atoms with Crippen molar-refractivity contribution in [3.05, 3.63) is 48.3 Å². The standard InChI is InChI=1S/C21H21N5O4/c27-20(22-12-19-23-15-3-1-2-4-16(15)24-19)13-25-7-8-26(21(25)28)14-5-6-17-18(11-14)30-10-9-29-17/h1-6,11H,7-10,12-13H2,(H,22,27)(H,23,24). The summed E-state index contributed by atoms with van der Waals surface area (Å²) in [6.45, 7) is 2.27. The molecule has 9 heteroatoms. The van der Waals surface area contributed by atoms with Crippen molar-refractivity contribution in [2.75, 3.05) is 37.7 Å². The maximum absolute atomic E-state index is 12.8. The molecule has 1 saturated heterocycles. The fraction of sp³-hybridized carbons (Fsp3) is 0.286. The number of anilines is 1. The third-order valence-corrected chi connectivity index (χ3v) is 5.16. The number of aromatic nitrogens is 2. The van der Waals surface area contributed by atoms with E-state index in [4.69, 9.17) is 9.47 Å². The number of urea groups is 1. The molecular weight excluding hydrogens is 386 g/mol. The van der Waals surface area contributed by atoms with Gasteiger partial charge < -0.3 is 24.7 Å². The lowest BCUT2D eigenvalue weighted by Gasteiger charge is -2.22. The second kappa shape index (κ2) is 7.58. The van der Waals surface area contributed by atoms with Crippen LogP contribution in [0.4, 0.5) is 10.5 Å². The zero-order valence-corrected chi connectivity index (χ0v) is 16.3. The van der Waals surface area contributed by atoms with Crippen molar-refractivity contribution in [2.24, 2.45) is 0 Å². The van der Waals surface area contributed by atoms with E-state index in [1.807, 2.05) is 30.3 Å². The van der Waals surface area contributed by atoms with Gasteiger partial charge in [-0.15, -0.1) is 0 Å². The van der Waals surface area contributed by atoms with Gasteiger partial charge in [0.1, 0.15) is 25.6 Å². The first-order chi connectivity index (χ1) is 14.7. The van der Waals surface area contributed by atoms with Crippen LogP contribution in [0, 0.1) is 0 Å². The molecule has 9 nitrogen and oxygen atoms in total. The Balaban J connectivity index is 1.18. The van der Waals surface area contributed by atoms with Gasteiger partial charge in [-0.1, -0.05) is 12.1 Å². The molecule has 1 aromatic heterocycles. The number of benzene rings is 2. The zero-order valence-electron chi connectivity index (χ0n) is 16.3. The van der Waals surface area contributed by atoms with E-state index in [1.54, 1.807) is 17.0 Å². The molecule has 2 aromatic carbocycles. The van der Waals surface area contributed by atoms with Crippen molar-refractivity contribution in [1.29, 1.82) is 0 Å². The highest BCUT2D eigenvalue weighted by Crippen LogP contribution is 2.34. The molecule has 2 N–H and O–H groups in total. The number of nitrogens with one attached hydrogen (secondary N) is 2. The SMILES string of the molecule is O=C(CN1CCN(c2ccc3c(c2)OCCO3)C1=O)NCc1nc2ccccc2[nH]1. The summed E-state index contributed by atoms with van der Waals surface area (Å²) in [5, 5.41) is 2.82. The van der Waals surface area contributed by atoms with E-state index in [2.05, 4.69) is 15.3 Å². The van der Waals surface area contributed by atoms with Crippen LogP contribution in [0.3, 0.4) is 0 Å². The number of amides is 3. The lowest BCUT2D eigenvalue weighted by Crippen LogP contribution is -2.39. The normalized spacial score (nSPS) is 15.7. The van der Waals surface area contributed by atoms with Crippen LogP contribution in [-0.4, -0.2) is 59.7 Å². The van der Waals surface area contributed by atoms with E-state index in [9.17, 15) is 9.59 Å². The van der Waals surface area contributed by atoms with Crippen LogP contribution < -0.4 is 19.7 Å². The van der Waals surface area contributed by atoms with Gasteiger partial charge in [0.15, 0.2) is 11.5 Å². The minimum Gasteiger partial charge on any atom is -0.486 e. The van der Waals surface area contributed by atoms with Gasteiger partial charge in [-0.25, -0.2) is 9.78 Å². The van der Waals surface area contributed by atoms with Gasteiger partial charge in [0.2, 0.25) is 5.91 Å². The summed E-state index contributed by atoms with van der Waals surface area (Å²) in [4.78, 5) is 35.9. The Labute approximate surface area is 172 Å². The summed E-state index contributed by atoms with van der Waals surface area (Å²) in [6.07, 6.45) is 0. The molecule has 1 fully saturated rings. The monoisotopic (exact) mass is 407 g/mol. The molecule has 154 valence electrons. The van der Waals surface area contributed by atoms with Crippen molar-refractivity contribution in [3.63, 3.8) is 0 Å². The molecule has 3 aromatic rings. The average molecular weight is 407 g/mol. The third-order valence-electron chi connectivity index (χ3n) is 5.16. The maximum Gasteiger partial charge on any atom is 0.325 e. The summed E-state index contributed by atoms with van der Waals surface area (Å²) in [6, 6.07) is 12.9. The summed E-state index contributed by atoms with van der Waals surface area (Å²) in [5.41, 5.74) is 2.51. The van der Waals surface area contributed by atoms with Gasteiger partial charge in [-0.3, -0.25) is 9.69 Å². The Bertz CT molecular complexity index is 1080. The van der Waals surface area contributed by atoms with Crippen LogP contribution >= 0.6 is 0 Å². The molecular formula is C21H21N5O4. The number of nitrogens with zero attached hydrogens (tertiary/aromatic N) is 3. The van der Waals surface area contributed by atoms with Gasteiger partial charge in [0.25, 0.3) is 0 Å². The highest BCUT2D eigenvalue weighted by molar-refractivity contribution is 5.96. The quantitative estimate of drug-likeness (QED) is 0.673. The van der Waals surface area contributed by atoms with Crippen molar-refractivity contribution in [1.82, 2.24) is 20.2 Å². The second-order valence-corrected chi connectivity index (χ2v) is 7.16. The summed E-state index contributed by atoms with van der Waals surface area (Å²) in [7, 11) is 0. The van der Waals surface area contributed by atoms with E-state index < -0.39 is 0 Å². The highest BCUT2D eigenvalue weighted by Gasteiger charge is 2.31. The molecule has 3 amide bonds. The Hall–Kier alpha value is -3.75. The van der Waals surface area contributed by atoms with Gasteiger partial charge in [0.05, 0.1) is 17.6 Å². The molecule has 0 spiro atoms. The lowest BCUT2D eigenvalue weighted by atomic mass is 10.2. The van der Waals surface area contributed by atoms with Gasteiger partial charge in [-0.2, -0.15) is 0 Å². The number of para-hydroxylation sites is 2. The highest BCUT2D eigenvalue weighted by atomic mass is 16.6. The zero-order chi connectivity index (χ0) is 20.5. The molecule has 2 aliphatic rings. The average Bonchev–Trinajstić information content (AvgIpc) is 3.35. The molecule has 2 aliphatic heterocycles. The Kier molecular flexibility index (Phi) is 4.62. The first kappa shape index (κ1) is 18.3. The van der Waals surface area contributed by atoms with Crippen LogP contribution in [0.25, 0.3) is 11.0 Å². The van der Waals surface area contributed by atoms with E-state index >= 15 is 0 Å². The summed E-state index contributed by atoms with van der Waals surface area (Å²) < 4.78 is 11.1. The fourth-order valence-corrected chi connectivity index (χ4v) is 3.67. The molecule has 0 radical (unpaired) electrons. The minimum absolute atomic E-state index is 0.000113. The lowest BCUT2D eigenvalue weighted by molar-refractivity contribution is -0.121. The minimum atomic E-state index is -0.229. The maximum atomic E-state index is 12.8. The van der Waals surface area contributed by atoms with E-state index in [0.717, 1.165) is 16.7 Å². The number of hydrogen-bond donors (Lipinski definition) is 2. The topological polar surface area (TPSA) is 99.8 Å². The smallest absolute Gasteiger partial charge is 0.325 e. The van der Waals surface area contributed by atoms with Gasteiger partial charge in [0, 0.05) is 24.8 Å². The molecule has 0 aliphatic carbocycles. The third kappa shape index (κ3) is 3.49. The van der Waals surface area contributed by atoms with Crippen molar-refractivity contribution >= 4 is 28.7 Å². The molecule has 0 unspecified atom stereocenters. The number of aromatic amines is 1. The van der Waals surface area contributed by atoms with Crippen LogP contribution in [-0.2, 0) is 11.3 Å². The van der Waals surface area contributed by atoms with E-state index in [-0.39, 0.29) is 25.0 Å². The number of carbonyl (C=O) groups is 2. The van der Waals surface area contributed by atoms with Gasteiger partial charge in [-0.05, 0) is 24.3 Å². The molecule has 0 atom stereocenters. The Morgan fingerprint density at radius 1 is 1.10 bits per heavy atom. The van der Waals surface area contributed by atoms with Gasteiger partial charge >= 0.3 is 6.03 Å². The largest absolute Gasteiger partial charge is 0.486 e.